The average Bonchev–Trinajstić information content (AvgIpc) is 2.66. The van der Waals surface area contributed by atoms with Crippen LogP contribution in [-0.4, -0.2) is 18.0 Å². The van der Waals surface area contributed by atoms with Gasteiger partial charge in [-0.05, 0) is 43.4 Å². The highest BCUT2D eigenvalue weighted by Gasteiger charge is 2.28. The minimum Gasteiger partial charge on any atom is -0.377 e. The Morgan fingerprint density at radius 2 is 2.07 bits per heavy atom. The van der Waals surface area contributed by atoms with E-state index in [0.29, 0.717) is 0 Å². The predicted octanol–water partition coefficient (Wildman–Crippen LogP) is 3.12. The van der Waals surface area contributed by atoms with Gasteiger partial charge in [0.25, 0.3) is 0 Å². The first-order valence-corrected chi connectivity index (χ1v) is 6.17. The molecule has 4 rings (SSSR count). The standard InChI is InChI=1S/C12H15NS/c1-9-2-3-12(14-9)11-8-13-6-4-10(11)5-7-13/h2-3,8,10H,4-7H2,1H3. The molecular formula is C12H15NS. The van der Waals surface area contributed by atoms with Gasteiger partial charge in [0.05, 0.1) is 0 Å². The molecule has 0 spiro atoms. The summed E-state index contributed by atoms with van der Waals surface area (Å²) < 4.78 is 0. The molecule has 0 aromatic carbocycles. The third-order valence-corrected chi connectivity index (χ3v) is 4.37. The fourth-order valence-electron chi connectivity index (χ4n) is 2.50. The lowest BCUT2D eigenvalue weighted by Gasteiger charge is -2.38. The van der Waals surface area contributed by atoms with E-state index >= 15 is 0 Å². The molecule has 1 fully saturated rings. The Bertz CT molecular complexity index is 369. The van der Waals surface area contributed by atoms with Gasteiger partial charge in [-0.25, -0.2) is 0 Å². The van der Waals surface area contributed by atoms with E-state index in [9.17, 15) is 0 Å². The largest absolute Gasteiger partial charge is 0.377 e. The SMILES string of the molecule is Cc1ccc(C2=CN3CCC2CC3)s1. The van der Waals surface area contributed by atoms with Gasteiger partial charge in [-0.3, -0.25) is 0 Å². The summed E-state index contributed by atoms with van der Waals surface area (Å²) in [7, 11) is 0. The zero-order valence-electron chi connectivity index (χ0n) is 8.49. The third-order valence-electron chi connectivity index (χ3n) is 3.32. The molecule has 74 valence electrons. The van der Waals surface area contributed by atoms with Gasteiger partial charge in [-0.1, -0.05) is 0 Å². The molecular weight excluding hydrogens is 190 g/mol. The van der Waals surface area contributed by atoms with Crippen LogP contribution in [0, 0.1) is 12.8 Å². The lowest BCUT2D eigenvalue weighted by atomic mass is 9.85. The van der Waals surface area contributed by atoms with Gasteiger partial charge >= 0.3 is 0 Å². The number of fused-ring (bicyclic) bond motifs is 2. The van der Waals surface area contributed by atoms with Gasteiger partial charge in [0.15, 0.2) is 0 Å². The predicted molar refractivity (Wildman–Crippen MR) is 61.3 cm³/mol. The Morgan fingerprint density at radius 3 is 2.57 bits per heavy atom. The van der Waals surface area contributed by atoms with Crippen LogP contribution in [0.25, 0.3) is 5.57 Å². The molecule has 2 heteroatoms. The lowest BCUT2D eigenvalue weighted by Crippen LogP contribution is -2.35. The molecule has 0 saturated carbocycles. The first-order chi connectivity index (χ1) is 6.83. The van der Waals surface area contributed by atoms with Crippen molar-refractivity contribution in [2.75, 3.05) is 13.1 Å². The van der Waals surface area contributed by atoms with Crippen molar-refractivity contribution in [2.45, 2.75) is 19.8 Å². The van der Waals surface area contributed by atoms with Crippen LogP contribution in [0.1, 0.15) is 22.6 Å². The van der Waals surface area contributed by atoms with Crippen molar-refractivity contribution in [1.29, 1.82) is 0 Å². The summed E-state index contributed by atoms with van der Waals surface area (Å²) in [6, 6.07) is 4.52. The molecule has 1 saturated heterocycles. The van der Waals surface area contributed by atoms with Crippen LogP contribution < -0.4 is 0 Å². The molecule has 4 heterocycles. The highest BCUT2D eigenvalue weighted by atomic mass is 32.1. The summed E-state index contributed by atoms with van der Waals surface area (Å²) in [5.74, 6) is 0.845. The van der Waals surface area contributed by atoms with Gasteiger partial charge in [0, 0.05) is 29.0 Å². The molecule has 3 aliphatic heterocycles. The second-order valence-electron chi connectivity index (χ2n) is 4.30. The Morgan fingerprint density at radius 1 is 1.29 bits per heavy atom. The highest BCUT2D eigenvalue weighted by molar-refractivity contribution is 7.13. The first-order valence-electron chi connectivity index (χ1n) is 5.35. The molecule has 1 aromatic heterocycles. The average molecular weight is 205 g/mol. The molecule has 0 unspecified atom stereocenters. The van der Waals surface area contributed by atoms with E-state index in [1.54, 1.807) is 5.57 Å². The van der Waals surface area contributed by atoms with Crippen molar-refractivity contribution in [3.05, 3.63) is 28.1 Å². The maximum absolute atomic E-state index is 2.48. The number of rotatable bonds is 1. The molecule has 1 aromatic rings. The van der Waals surface area contributed by atoms with Crippen LogP contribution in [0.4, 0.5) is 0 Å². The first kappa shape index (κ1) is 8.54. The summed E-state index contributed by atoms with van der Waals surface area (Å²) in [6.07, 6.45) is 5.12. The molecule has 0 N–H and O–H groups in total. The normalized spacial score (nSPS) is 21.5. The fraction of sp³-hybridized carbons (Fsp3) is 0.500. The second-order valence-corrected chi connectivity index (χ2v) is 5.59. The topological polar surface area (TPSA) is 3.24 Å². The number of hydrogen-bond acceptors (Lipinski definition) is 2. The molecule has 0 radical (unpaired) electrons. The Balaban J connectivity index is 1.99. The van der Waals surface area contributed by atoms with E-state index in [1.165, 1.54) is 35.7 Å². The van der Waals surface area contributed by atoms with Gasteiger partial charge in [-0.2, -0.15) is 0 Å². The third kappa shape index (κ3) is 1.29. The number of piperidine rings is 1. The number of nitrogens with zero attached hydrogens (tertiary/aromatic N) is 1. The van der Waals surface area contributed by atoms with E-state index in [1.807, 2.05) is 11.3 Å². The van der Waals surface area contributed by atoms with Gasteiger partial charge in [-0.15, -0.1) is 11.3 Å². The maximum Gasteiger partial charge on any atom is 0.0322 e. The van der Waals surface area contributed by atoms with E-state index in [-0.39, 0.29) is 0 Å². The summed E-state index contributed by atoms with van der Waals surface area (Å²) in [4.78, 5) is 5.40. The van der Waals surface area contributed by atoms with Crippen molar-refractivity contribution >= 4 is 16.9 Å². The van der Waals surface area contributed by atoms with Gasteiger partial charge in [0.1, 0.15) is 0 Å². The summed E-state index contributed by atoms with van der Waals surface area (Å²) in [5, 5.41) is 0. The number of allylic oxidation sites excluding steroid dienone is 1. The van der Waals surface area contributed by atoms with Crippen LogP contribution in [0.15, 0.2) is 18.3 Å². The highest BCUT2D eigenvalue weighted by Crippen LogP contribution is 2.39. The van der Waals surface area contributed by atoms with Crippen molar-refractivity contribution in [3.63, 3.8) is 0 Å². The smallest absolute Gasteiger partial charge is 0.0322 e. The second kappa shape index (κ2) is 3.13. The summed E-state index contributed by atoms with van der Waals surface area (Å²) in [5.41, 5.74) is 1.60. The van der Waals surface area contributed by atoms with E-state index in [0.717, 1.165) is 5.92 Å². The van der Waals surface area contributed by atoms with Gasteiger partial charge < -0.3 is 4.90 Å². The van der Waals surface area contributed by atoms with Crippen LogP contribution in [0.2, 0.25) is 0 Å². The minimum atomic E-state index is 0.845. The fourth-order valence-corrected chi connectivity index (χ4v) is 3.45. The molecule has 0 amide bonds. The minimum absolute atomic E-state index is 0.845. The molecule has 1 nitrogen and oxygen atoms in total. The Hall–Kier alpha value is -0.760. The molecule has 0 atom stereocenters. The zero-order chi connectivity index (χ0) is 9.54. The monoisotopic (exact) mass is 205 g/mol. The summed E-state index contributed by atoms with van der Waals surface area (Å²) >= 11 is 1.94. The van der Waals surface area contributed by atoms with Crippen molar-refractivity contribution in [1.82, 2.24) is 4.90 Å². The number of aryl methyl sites for hydroxylation is 1. The zero-order valence-corrected chi connectivity index (χ0v) is 9.31. The molecule has 2 bridgehead atoms. The van der Waals surface area contributed by atoms with Crippen molar-refractivity contribution in [2.24, 2.45) is 5.92 Å². The summed E-state index contributed by atoms with van der Waals surface area (Å²) in [6.45, 7) is 4.74. The molecule has 0 aliphatic carbocycles. The van der Waals surface area contributed by atoms with Crippen LogP contribution in [0.3, 0.4) is 0 Å². The lowest BCUT2D eigenvalue weighted by molar-refractivity contribution is 0.253. The van der Waals surface area contributed by atoms with Crippen LogP contribution >= 0.6 is 11.3 Å². The van der Waals surface area contributed by atoms with Crippen LogP contribution in [0.5, 0.6) is 0 Å². The van der Waals surface area contributed by atoms with E-state index < -0.39 is 0 Å². The number of hydrogen-bond donors (Lipinski definition) is 0. The van der Waals surface area contributed by atoms with E-state index in [4.69, 9.17) is 0 Å². The van der Waals surface area contributed by atoms with Gasteiger partial charge in [0.2, 0.25) is 0 Å². The van der Waals surface area contributed by atoms with E-state index in [2.05, 4.69) is 30.2 Å². The Labute approximate surface area is 89.0 Å². The van der Waals surface area contributed by atoms with Crippen LogP contribution in [-0.2, 0) is 0 Å². The van der Waals surface area contributed by atoms with Crippen molar-refractivity contribution < 1.29 is 0 Å². The maximum atomic E-state index is 2.48. The number of thiophene rings is 1. The van der Waals surface area contributed by atoms with Crippen molar-refractivity contribution in [3.8, 4) is 0 Å². The Kier molecular flexibility index (Phi) is 1.91. The molecule has 3 aliphatic rings. The quantitative estimate of drug-likeness (QED) is 0.681. The molecule has 14 heavy (non-hydrogen) atoms.